The van der Waals surface area contributed by atoms with Crippen LogP contribution in [0.4, 0.5) is 0 Å². The first kappa shape index (κ1) is 22.6. The Morgan fingerprint density at radius 2 is 1.67 bits per heavy atom. The molecule has 0 saturated heterocycles. The van der Waals surface area contributed by atoms with E-state index in [1.165, 1.54) is 51.4 Å². The lowest BCUT2D eigenvalue weighted by molar-refractivity contribution is -0.140. The molecule has 0 aromatic carbocycles. The van der Waals surface area contributed by atoms with Gasteiger partial charge in [0, 0.05) is 12.8 Å². The molecule has 0 aromatic rings. The molecule has 0 unspecified atom stereocenters. The van der Waals surface area contributed by atoms with Gasteiger partial charge in [-0.15, -0.1) is 0 Å². The fourth-order valence-corrected chi connectivity index (χ4v) is 9.23. The van der Waals surface area contributed by atoms with Gasteiger partial charge in [0.2, 0.25) is 0 Å². The zero-order chi connectivity index (χ0) is 21.7. The van der Waals surface area contributed by atoms with Crippen molar-refractivity contribution in [2.75, 3.05) is 0 Å². The predicted octanol–water partition coefficient (Wildman–Crippen LogP) is 8.09. The van der Waals surface area contributed by atoms with Crippen LogP contribution in [0.2, 0.25) is 0 Å². The molecule has 4 rings (SSSR count). The highest BCUT2D eigenvalue weighted by Crippen LogP contribution is 2.68. The van der Waals surface area contributed by atoms with E-state index in [-0.39, 0.29) is 0 Å². The standard InChI is InChI=1S/C29H48O/c1-7-21(19(2)3)9-8-20(4)25-12-13-26-24-11-10-22-18-23(30)14-16-28(22,5)27(24)15-17-29(25,26)6/h8-9,19-22,24-27H,7,10-18H2,1-6H3/t20-,21-,22+,24+,25-,26+,27+,28+,29-/m1/s1. The van der Waals surface area contributed by atoms with Crippen LogP contribution in [0.5, 0.6) is 0 Å². The number of rotatable bonds is 5. The third kappa shape index (κ3) is 3.65. The molecule has 1 heteroatoms. The number of carbonyl (C=O) groups is 1. The van der Waals surface area contributed by atoms with Crippen LogP contribution in [0, 0.1) is 58.2 Å². The molecule has 0 N–H and O–H groups in total. The molecule has 30 heavy (non-hydrogen) atoms. The van der Waals surface area contributed by atoms with E-state index < -0.39 is 0 Å². The molecule has 4 aliphatic rings. The van der Waals surface area contributed by atoms with Crippen LogP contribution < -0.4 is 0 Å². The highest BCUT2D eigenvalue weighted by molar-refractivity contribution is 5.79. The maximum atomic E-state index is 12.1. The molecule has 1 nitrogen and oxygen atoms in total. The average molecular weight is 413 g/mol. The summed E-state index contributed by atoms with van der Waals surface area (Å²) >= 11 is 0. The summed E-state index contributed by atoms with van der Waals surface area (Å²) in [5.41, 5.74) is 0.992. The normalized spacial score (nSPS) is 45.8. The Balaban J connectivity index is 1.50. The molecule has 0 spiro atoms. The summed E-state index contributed by atoms with van der Waals surface area (Å²) in [6, 6.07) is 0. The molecule has 0 aliphatic heterocycles. The maximum absolute atomic E-state index is 12.1. The molecule has 0 amide bonds. The van der Waals surface area contributed by atoms with Gasteiger partial charge in [0.15, 0.2) is 0 Å². The number of ketones is 1. The zero-order valence-electron chi connectivity index (χ0n) is 20.8. The van der Waals surface area contributed by atoms with Gasteiger partial charge < -0.3 is 0 Å². The summed E-state index contributed by atoms with van der Waals surface area (Å²) in [6.45, 7) is 14.8. The quantitative estimate of drug-likeness (QED) is 0.417. The van der Waals surface area contributed by atoms with Crippen LogP contribution in [-0.4, -0.2) is 5.78 Å². The van der Waals surface area contributed by atoms with E-state index in [0.717, 1.165) is 48.3 Å². The fraction of sp³-hybridized carbons (Fsp3) is 0.897. The van der Waals surface area contributed by atoms with Crippen LogP contribution in [0.3, 0.4) is 0 Å². The van der Waals surface area contributed by atoms with Crippen LogP contribution in [0.1, 0.15) is 106 Å². The lowest BCUT2D eigenvalue weighted by Gasteiger charge is -2.60. The summed E-state index contributed by atoms with van der Waals surface area (Å²) in [5, 5.41) is 0. The Morgan fingerprint density at radius 3 is 2.37 bits per heavy atom. The Kier molecular flexibility index (Phi) is 6.33. The molecular formula is C29H48O. The Hall–Kier alpha value is -0.590. The summed E-state index contributed by atoms with van der Waals surface area (Å²) < 4.78 is 0. The first-order chi connectivity index (χ1) is 14.2. The molecule has 9 atom stereocenters. The number of hydrogen-bond donors (Lipinski definition) is 0. The molecule has 0 aromatic heterocycles. The average Bonchev–Trinajstić information content (AvgIpc) is 3.06. The Labute approximate surface area is 186 Å². The smallest absolute Gasteiger partial charge is 0.133 e. The van der Waals surface area contributed by atoms with E-state index in [2.05, 4.69) is 53.7 Å². The van der Waals surface area contributed by atoms with E-state index in [1.54, 1.807) is 0 Å². The van der Waals surface area contributed by atoms with Gasteiger partial charge in [-0.1, -0.05) is 53.7 Å². The molecule has 0 heterocycles. The van der Waals surface area contributed by atoms with Gasteiger partial charge >= 0.3 is 0 Å². The van der Waals surface area contributed by atoms with Gasteiger partial charge in [-0.05, 0) is 110 Å². The van der Waals surface area contributed by atoms with Crippen molar-refractivity contribution in [1.82, 2.24) is 0 Å². The van der Waals surface area contributed by atoms with Crippen LogP contribution in [0.25, 0.3) is 0 Å². The number of carbonyl (C=O) groups excluding carboxylic acids is 1. The molecule has 0 radical (unpaired) electrons. The van der Waals surface area contributed by atoms with Gasteiger partial charge in [0.25, 0.3) is 0 Å². The Morgan fingerprint density at radius 1 is 0.933 bits per heavy atom. The Bertz CT molecular complexity index is 661. The first-order valence-electron chi connectivity index (χ1n) is 13.4. The van der Waals surface area contributed by atoms with Crippen molar-refractivity contribution >= 4 is 5.78 Å². The lowest BCUT2D eigenvalue weighted by atomic mass is 9.44. The van der Waals surface area contributed by atoms with E-state index in [0.29, 0.717) is 28.4 Å². The van der Waals surface area contributed by atoms with Gasteiger partial charge in [-0.2, -0.15) is 0 Å². The monoisotopic (exact) mass is 412 g/mol. The summed E-state index contributed by atoms with van der Waals surface area (Å²) in [4.78, 5) is 12.1. The van der Waals surface area contributed by atoms with E-state index in [1.807, 2.05) is 0 Å². The molecule has 4 aliphatic carbocycles. The second kappa shape index (κ2) is 8.40. The van der Waals surface area contributed by atoms with Crippen LogP contribution in [-0.2, 0) is 4.79 Å². The van der Waals surface area contributed by atoms with Gasteiger partial charge in [0.1, 0.15) is 5.78 Å². The van der Waals surface area contributed by atoms with Crippen molar-refractivity contribution in [2.45, 2.75) is 106 Å². The summed E-state index contributed by atoms with van der Waals surface area (Å²) in [7, 11) is 0. The maximum Gasteiger partial charge on any atom is 0.133 e. The van der Waals surface area contributed by atoms with Gasteiger partial charge in [0.05, 0.1) is 0 Å². The topological polar surface area (TPSA) is 17.1 Å². The highest BCUT2D eigenvalue weighted by Gasteiger charge is 2.60. The minimum atomic E-state index is 0.452. The minimum Gasteiger partial charge on any atom is -0.300 e. The SMILES string of the molecule is CC[C@H](C=C[C@@H](C)[C@H]1CC[C@H]2[C@@H]3CC[C@H]4CC(=O)CC[C@]4(C)[C@H]3CC[C@]12C)C(C)C. The lowest BCUT2D eigenvalue weighted by Crippen LogP contribution is -2.53. The first-order valence-corrected chi connectivity index (χ1v) is 13.4. The molecule has 4 fully saturated rings. The minimum absolute atomic E-state index is 0.452. The number of hydrogen-bond acceptors (Lipinski definition) is 1. The molecule has 0 bridgehead atoms. The third-order valence-electron chi connectivity index (χ3n) is 11.2. The molecule has 4 saturated carbocycles. The zero-order valence-corrected chi connectivity index (χ0v) is 20.8. The summed E-state index contributed by atoms with van der Waals surface area (Å²) in [6.07, 6.45) is 17.8. The number of fused-ring (bicyclic) bond motifs is 5. The number of Topliss-reactive ketones (excluding diaryl/α,β-unsaturated/α-hetero) is 1. The predicted molar refractivity (Wildman–Crippen MR) is 127 cm³/mol. The van der Waals surface area contributed by atoms with Crippen molar-refractivity contribution in [3.63, 3.8) is 0 Å². The third-order valence-corrected chi connectivity index (χ3v) is 11.2. The van der Waals surface area contributed by atoms with Gasteiger partial charge in [-0.25, -0.2) is 0 Å². The number of allylic oxidation sites excluding steroid dienone is 2. The van der Waals surface area contributed by atoms with Crippen molar-refractivity contribution in [1.29, 1.82) is 0 Å². The second-order valence-corrected chi connectivity index (χ2v) is 12.7. The molecule has 170 valence electrons. The van der Waals surface area contributed by atoms with Crippen LogP contribution >= 0.6 is 0 Å². The van der Waals surface area contributed by atoms with E-state index in [4.69, 9.17) is 0 Å². The highest BCUT2D eigenvalue weighted by atomic mass is 16.1. The van der Waals surface area contributed by atoms with Crippen molar-refractivity contribution < 1.29 is 4.79 Å². The summed E-state index contributed by atoms with van der Waals surface area (Å²) in [5.74, 6) is 7.04. The van der Waals surface area contributed by atoms with Crippen LogP contribution in [0.15, 0.2) is 12.2 Å². The largest absolute Gasteiger partial charge is 0.300 e. The van der Waals surface area contributed by atoms with Crippen molar-refractivity contribution in [3.8, 4) is 0 Å². The van der Waals surface area contributed by atoms with E-state index in [9.17, 15) is 4.79 Å². The second-order valence-electron chi connectivity index (χ2n) is 12.7. The molecular weight excluding hydrogens is 364 g/mol. The fourth-order valence-electron chi connectivity index (χ4n) is 9.23. The van der Waals surface area contributed by atoms with Crippen molar-refractivity contribution in [3.05, 3.63) is 12.2 Å². The van der Waals surface area contributed by atoms with Gasteiger partial charge in [-0.3, -0.25) is 4.79 Å². The van der Waals surface area contributed by atoms with E-state index >= 15 is 0 Å². The van der Waals surface area contributed by atoms with Crippen molar-refractivity contribution in [2.24, 2.45) is 58.2 Å².